The van der Waals surface area contributed by atoms with Gasteiger partial charge in [0.25, 0.3) is 0 Å². The van der Waals surface area contributed by atoms with Gasteiger partial charge in [0.2, 0.25) is 0 Å². The average Bonchev–Trinajstić information content (AvgIpc) is 2.05. The molecule has 1 aromatic carbocycles. The van der Waals surface area contributed by atoms with Crippen molar-refractivity contribution >= 4 is 36.4 Å². The molecule has 1 rings (SSSR count). The standard InChI is InChI=1S/C8H8.3ClH.Fe/c1-2-8-6-4-3-5-7-8;;;;/h2-7H,1H2;3*1H;/q;;;;+3/p-3. The van der Waals surface area contributed by atoms with Crippen molar-refractivity contribution < 1.29 is 11.2 Å². The van der Waals surface area contributed by atoms with Crippen LogP contribution < -0.4 is 0 Å². The van der Waals surface area contributed by atoms with Gasteiger partial charge in [0.1, 0.15) is 0 Å². The summed E-state index contributed by atoms with van der Waals surface area (Å²) < 4.78 is 0. The van der Waals surface area contributed by atoms with E-state index in [4.69, 9.17) is 30.3 Å². The van der Waals surface area contributed by atoms with Crippen LogP contribution in [-0.2, 0) is 11.2 Å². The Morgan fingerprint density at radius 2 is 1.50 bits per heavy atom. The van der Waals surface area contributed by atoms with E-state index in [0.717, 1.165) is 0 Å². The molecule has 4 heteroatoms. The molecule has 0 unspecified atom stereocenters. The van der Waals surface area contributed by atoms with Gasteiger partial charge in [-0.1, -0.05) is 43.0 Å². The second-order valence-corrected chi connectivity index (χ2v) is 7.24. The summed E-state index contributed by atoms with van der Waals surface area (Å²) in [6, 6.07) is 10.0. The summed E-state index contributed by atoms with van der Waals surface area (Å²) in [5, 5.41) is 0. The Balaban J connectivity index is 0.000000261. The summed E-state index contributed by atoms with van der Waals surface area (Å²) in [5.74, 6) is 0. The topological polar surface area (TPSA) is 0 Å². The molecule has 0 spiro atoms. The molecule has 1 aromatic rings. The fraction of sp³-hybridized carbons (Fsp3) is 0. The predicted molar refractivity (Wildman–Crippen MR) is 54.1 cm³/mol. The second-order valence-electron chi connectivity index (χ2n) is 1.77. The first-order valence-corrected chi connectivity index (χ1v) is 7.57. The monoisotopic (exact) mass is 265 g/mol. The van der Waals surface area contributed by atoms with Crippen molar-refractivity contribution in [2.75, 3.05) is 0 Å². The van der Waals surface area contributed by atoms with Gasteiger partial charge >= 0.3 is 41.5 Å². The van der Waals surface area contributed by atoms with Crippen LogP contribution >= 0.6 is 30.3 Å². The second kappa shape index (κ2) is 7.97. The summed E-state index contributed by atoms with van der Waals surface area (Å²) in [5.41, 5.74) is 1.17. The normalized spacial score (nSPS) is 9.42. The third kappa shape index (κ3) is 8.45. The molecule has 12 heavy (non-hydrogen) atoms. The van der Waals surface area contributed by atoms with E-state index in [0.29, 0.717) is 0 Å². The van der Waals surface area contributed by atoms with Crippen LogP contribution in [0.3, 0.4) is 0 Å². The number of benzene rings is 1. The Kier molecular flexibility index (Phi) is 8.20. The summed E-state index contributed by atoms with van der Waals surface area (Å²) >= 11 is -1.33. The van der Waals surface area contributed by atoms with Gasteiger partial charge in [-0.3, -0.25) is 0 Å². The fourth-order valence-electron chi connectivity index (χ4n) is 0.589. The van der Waals surface area contributed by atoms with Gasteiger partial charge in [-0.05, 0) is 5.56 Å². The molecule has 0 saturated heterocycles. The van der Waals surface area contributed by atoms with Crippen LogP contribution in [-0.4, -0.2) is 0 Å². The third-order valence-corrected chi connectivity index (χ3v) is 1.04. The van der Waals surface area contributed by atoms with Crippen LogP contribution in [0.4, 0.5) is 0 Å². The molecule has 69 valence electrons. The van der Waals surface area contributed by atoms with E-state index < -0.39 is 11.2 Å². The zero-order chi connectivity index (χ0) is 9.40. The van der Waals surface area contributed by atoms with E-state index in [1.54, 1.807) is 0 Å². The molecule has 0 aromatic heterocycles. The van der Waals surface area contributed by atoms with Gasteiger partial charge in [0.05, 0.1) is 0 Å². The Labute approximate surface area is 89.7 Å². The van der Waals surface area contributed by atoms with Crippen molar-refractivity contribution in [3.05, 3.63) is 42.5 Å². The average molecular weight is 266 g/mol. The number of hydrogen-bond donors (Lipinski definition) is 0. The van der Waals surface area contributed by atoms with E-state index >= 15 is 0 Å². The quantitative estimate of drug-likeness (QED) is 0.661. The van der Waals surface area contributed by atoms with E-state index in [-0.39, 0.29) is 0 Å². The fourth-order valence-corrected chi connectivity index (χ4v) is 0.589. The van der Waals surface area contributed by atoms with Gasteiger partial charge < -0.3 is 0 Å². The van der Waals surface area contributed by atoms with Crippen LogP contribution in [0.25, 0.3) is 6.08 Å². The van der Waals surface area contributed by atoms with E-state index in [9.17, 15) is 0 Å². The zero-order valence-electron chi connectivity index (χ0n) is 6.16. The maximum absolute atomic E-state index is 4.89. The van der Waals surface area contributed by atoms with E-state index in [2.05, 4.69) is 6.58 Å². The number of rotatable bonds is 1. The molecule has 0 amide bonds. The molecule has 0 heterocycles. The molecule has 0 N–H and O–H groups in total. The molecule has 0 nitrogen and oxygen atoms in total. The minimum atomic E-state index is -1.33. The van der Waals surface area contributed by atoms with Crippen molar-refractivity contribution in [1.29, 1.82) is 0 Å². The molecule has 0 fully saturated rings. The predicted octanol–water partition coefficient (Wildman–Crippen LogP) is 4.40. The van der Waals surface area contributed by atoms with Gasteiger partial charge in [0.15, 0.2) is 0 Å². The summed E-state index contributed by atoms with van der Waals surface area (Å²) in [6.07, 6.45) is 1.83. The first kappa shape index (κ1) is 12.3. The van der Waals surface area contributed by atoms with Crippen molar-refractivity contribution in [2.24, 2.45) is 0 Å². The minimum absolute atomic E-state index is 1.17. The van der Waals surface area contributed by atoms with Crippen LogP contribution in [0.5, 0.6) is 0 Å². The van der Waals surface area contributed by atoms with Gasteiger partial charge in [-0.2, -0.15) is 0 Å². The van der Waals surface area contributed by atoms with Crippen LogP contribution in [0, 0.1) is 0 Å². The SMILES string of the molecule is C=Cc1ccccc1.[Cl][Fe]([Cl])[Cl]. The molecule has 0 atom stereocenters. The van der Waals surface area contributed by atoms with Crippen molar-refractivity contribution in [2.45, 2.75) is 0 Å². The maximum atomic E-state index is 4.89. The summed E-state index contributed by atoms with van der Waals surface area (Å²) in [4.78, 5) is 0. The molecule has 0 aliphatic carbocycles. The zero-order valence-corrected chi connectivity index (χ0v) is 9.53. The number of hydrogen-bond acceptors (Lipinski definition) is 0. The molecular weight excluding hydrogens is 258 g/mol. The molecule has 0 aliphatic heterocycles. The molecule has 0 saturated carbocycles. The Bertz CT molecular complexity index is 208. The van der Waals surface area contributed by atoms with Gasteiger partial charge in [-0.25, -0.2) is 0 Å². The van der Waals surface area contributed by atoms with Crippen molar-refractivity contribution in [3.8, 4) is 0 Å². The first-order chi connectivity index (χ1) is 5.66. The summed E-state index contributed by atoms with van der Waals surface area (Å²) in [7, 11) is 14.7. The van der Waals surface area contributed by atoms with Crippen LogP contribution in [0.2, 0.25) is 0 Å². The van der Waals surface area contributed by atoms with Gasteiger partial charge in [-0.15, -0.1) is 0 Å². The number of halogens is 3. The first-order valence-electron chi connectivity index (χ1n) is 3.01. The van der Waals surface area contributed by atoms with Crippen molar-refractivity contribution in [3.63, 3.8) is 0 Å². The van der Waals surface area contributed by atoms with Crippen LogP contribution in [0.15, 0.2) is 36.9 Å². The van der Waals surface area contributed by atoms with Crippen molar-refractivity contribution in [1.82, 2.24) is 0 Å². The van der Waals surface area contributed by atoms with Gasteiger partial charge in [0, 0.05) is 0 Å². The summed E-state index contributed by atoms with van der Waals surface area (Å²) in [6.45, 7) is 3.63. The molecule has 0 radical (unpaired) electrons. The molecule has 0 bridgehead atoms. The Morgan fingerprint density at radius 3 is 1.75 bits per heavy atom. The van der Waals surface area contributed by atoms with E-state index in [1.807, 2.05) is 36.4 Å². The van der Waals surface area contributed by atoms with Crippen LogP contribution in [0.1, 0.15) is 5.56 Å². The Hall–Kier alpha value is 0.349. The third-order valence-electron chi connectivity index (χ3n) is 1.04. The molecular formula is C8H8Cl3Fe. The van der Waals surface area contributed by atoms with E-state index in [1.165, 1.54) is 5.56 Å². The molecule has 0 aliphatic rings. The Morgan fingerprint density at radius 1 is 1.08 bits per heavy atom.